The summed E-state index contributed by atoms with van der Waals surface area (Å²) in [4.78, 5) is 11.8. The molecule has 0 heterocycles. The molecule has 0 aliphatic rings. The van der Waals surface area contributed by atoms with E-state index in [0.29, 0.717) is 31.8 Å². The summed E-state index contributed by atoms with van der Waals surface area (Å²) in [5, 5.41) is 13.9. The fraction of sp³-hybridized carbons (Fsp3) is 0.176. The van der Waals surface area contributed by atoms with Crippen molar-refractivity contribution in [1.82, 2.24) is 5.43 Å². The topological polar surface area (TPSA) is 89.4 Å². The maximum atomic E-state index is 11.8. The molecule has 7 nitrogen and oxygen atoms in total. The number of nitrogens with zero attached hydrogens (tertiary/aromatic N) is 1. The number of halogens is 2. The largest absolute Gasteiger partial charge is 0.506 e. The molecule has 0 saturated heterocycles. The van der Waals surface area contributed by atoms with E-state index in [1.165, 1.54) is 20.4 Å². The van der Waals surface area contributed by atoms with Gasteiger partial charge in [0.15, 0.2) is 23.9 Å². The Balaban J connectivity index is 1.97. The molecule has 2 aromatic rings. The van der Waals surface area contributed by atoms with Crippen molar-refractivity contribution in [2.24, 2.45) is 5.10 Å². The summed E-state index contributed by atoms with van der Waals surface area (Å²) < 4.78 is 16.7. The molecule has 0 atom stereocenters. The van der Waals surface area contributed by atoms with Crippen LogP contribution >= 0.6 is 31.9 Å². The van der Waals surface area contributed by atoms with Crippen molar-refractivity contribution in [1.29, 1.82) is 0 Å². The van der Waals surface area contributed by atoms with Crippen LogP contribution in [0.15, 0.2) is 44.4 Å². The first-order chi connectivity index (χ1) is 12.5. The highest BCUT2D eigenvalue weighted by atomic mass is 79.9. The summed E-state index contributed by atoms with van der Waals surface area (Å²) in [5.74, 6) is 0.914. The Hall–Kier alpha value is -2.26. The third-order valence-electron chi connectivity index (χ3n) is 3.20. The van der Waals surface area contributed by atoms with Crippen LogP contribution in [-0.4, -0.2) is 38.1 Å². The van der Waals surface area contributed by atoms with Gasteiger partial charge in [0.1, 0.15) is 10.2 Å². The number of phenols is 1. The van der Waals surface area contributed by atoms with Gasteiger partial charge in [-0.1, -0.05) is 12.1 Å². The summed E-state index contributed by atoms with van der Waals surface area (Å²) in [5.41, 5.74) is 2.71. The number of amides is 1. The predicted molar refractivity (Wildman–Crippen MR) is 104 cm³/mol. The number of para-hydroxylation sites is 2. The SMILES string of the molecule is COc1ccccc1OCC(=O)N/N=C\c1cc(Br)c(OC)c(Br)c1O. The molecule has 2 rings (SSSR count). The number of carbonyl (C=O) groups excluding carboxylic acids is 1. The Kier molecular flexibility index (Phi) is 7.28. The average Bonchev–Trinajstić information content (AvgIpc) is 2.64. The van der Waals surface area contributed by atoms with Crippen molar-refractivity contribution in [3.63, 3.8) is 0 Å². The van der Waals surface area contributed by atoms with E-state index in [2.05, 4.69) is 42.4 Å². The van der Waals surface area contributed by atoms with E-state index in [0.717, 1.165) is 0 Å². The molecule has 0 aliphatic carbocycles. The number of nitrogens with one attached hydrogen (secondary N) is 1. The molecule has 0 radical (unpaired) electrons. The van der Waals surface area contributed by atoms with Gasteiger partial charge in [0.25, 0.3) is 5.91 Å². The molecular formula is C17H16Br2N2O5. The molecule has 138 valence electrons. The summed E-state index contributed by atoms with van der Waals surface area (Å²) in [6.07, 6.45) is 1.31. The summed E-state index contributed by atoms with van der Waals surface area (Å²) in [7, 11) is 3.00. The minimum atomic E-state index is -0.460. The predicted octanol–water partition coefficient (Wildman–Crippen LogP) is 3.46. The second kappa shape index (κ2) is 9.44. The molecule has 0 bridgehead atoms. The Labute approximate surface area is 167 Å². The number of hydrazone groups is 1. The lowest BCUT2D eigenvalue weighted by atomic mass is 10.2. The van der Waals surface area contributed by atoms with Gasteiger partial charge in [-0.25, -0.2) is 5.43 Å². The van der Waals surface area contributed by atoms with Gasteiger partial charge in [-0.2, -0.15) is 5.10 Å². The molecule has 0 aliphatic heterocycles. The van der Waals surface area contributed by atoms with E-state index in [1.807, 2.05) is 0 Å². The first-order valence-electron chi connectivity index (χ1n) is 7.30. The lowest BCUT2D eigenvalue weighted by molar-refractivity contribution is -0.123. The number of hydrogen-bond acceptors (Lipinski definition) is 6. The fourth-order valence-corrected chi connectivity index (χ4v) is 3.46. The maximum Gasteiger partial charge on any atom is 0.277 e. The van der Waals surface area contributed by atoms with Gasteiger partial charge in [-0.05, 0) is 50.1 Å². The first-order valence-corrected chi connectivity index (χ1v) is 8.89. The van der Waals surface area contributed by atoms with Crippen LogP contribution in [0.1, 0.15) is 5.56 Å². The van der Waals surface area contributed by atoms with Crippen LogP contribution in [0.25, 0.3) is 0 Å². The van der Waals surface area contributed by atoms with Gasteiger partial charge in [-0.15, -0.1) is 0 Å². The van der Waals surface area contributed by atoms with Crippen molar-refractivity contribution >= 4 is 44.0 Å². The molecule has 2 aromatic carbocycles. The number of hydrogen-bond donors (Lipinski definition) is 2. The first kappa shape index (κ1) is 20.1. The highest BCUT2D eigenvalue weighted by molar-refractivity contribution is 9.11. The summed E-state index contributed by atoms with van der Waals surface area (Å²) >= 11 is 6.57. The molecule has 0 saturated carbocycles. The number of methoxy groups -OCH3 is 2. The Morgan fingerprint density at radius 2 is 1.92 bits per heavy atom. The quantitative estimate of drug-likeness (QED) is 0.461. The Morgan fingerprint density at radius 1 is 1.23 bits per heavy atom. The van der Waals surface area contributed by atoms with Crippen LogP contribution in [0.4, 0.5) is 0 Å². The van der Waals surface area contributed by atoms with Crippen LogP contribution in [-0.2, 0) is 4.79 Å². The van der Waals surface area contributed by atoms with Crippen LogP contribution in [0, 0.1) is 0 Å². The normalized spacial score (nSPS) is 10.6. The summed E-state index contributed by atoms with van der Waals surface area (Å²) in [6, 6.07) is 8.61. The van der Waals surface area contributed by atoms with Gasteiger partial charge in [0.05, 0.1) is 24.9 Å². The number of ether oxygens (including phenoxy) is 3. The minimum Gasteiger partial charge on any atom is -0.506 e. The van der Waals surface area contributed by atoms with Crippen LogP contribution in [0.2, 0.25) is 0 Å². The zero-order valence-corrected chi connectivity index (χ0v) is 17.1. The standard InChI is InChI=1S/C17H16Br2N2O5/c1-24-12-5-3-4-6-13(12)26-9-14(22)21-20-8-10-7-11(18)17(25-2)15(19)16(10)23/h3-8,23H,9H2,1-2H3,(H,21,22)/b20-8-. The van der Waals surface area contributed by atoms with Crippen LogP contribution in [0.3, 0.4) is 0 Å². The number of phenolic OH excluding ortho intramolecular Hbond substituents is 1. The van der Waals surface area contributed by atoms with Gasteiger partial charge in [0, 0.05) is 5.56 Å². The molecular weight excluding hydrogens is 472 g/mol. The van der Waals surface area contributed by atoms with E-state index in [9.17, 15) is 9.90 Å². The second-order valence-electron chi connectivity index (χ2n) is 4.88. The average molecular weight is 488 g/mol. The number of aromatic hydroxyl groups is 1. The van der Waals surface area contributed by atoms with Crippen molar-refractivity contribution < 1.29 is 24.1 Å². The zero-order valence-electron chi connectivity index (χ0n) is 14.0. The monoisotopic (exact) mass is 486 g/mol. The number of rotatable bonds is 7. The van der Waals surface area contributed by atoms with Gasteiger partial charge < -0.3 is 19.3 Å². The van der Waals surface area contributed by atoms with E-state index >= 15 is 0 Å². The molecule has 0 fully saturated rings. The number of carbonyl (C=O) groups is 1. The van der Waals surface area contributed by atoms with Gasteiger partial charge in [0.2, 0.25) is 0 Å². The minimum absolute atomic E-state index is 0.0617. The summed E-state index contributed by atoms with van der Waals surface area (Å²) in [6.45, 7) is -0.236. The second-order valence-corrected chi connectivity index (χ2v) is 6.52. The molecule has 2 N–H and O–H groups in total. The zero-order chi connectivity index (χ0) is 19.1. The number of benzene rings is 2. The fourth-order valence-electron chi connectivity index (χ4n) is 1.98. The van der Waals surface area contributed by atoms with Crippen molar-refractivity contribution in [2.45, 2.75) is 0 Å². The molecule has 0 spiro atoms. The van der Waals surface area contributed by atoms with Crippen molar-refractivity contribution in [3.05, 3.63) is 44.8 Å². The third kappa shape index (κ3) is 4.89. The Morgan fingerprint density at radius 3 is 2.58 bits per heavy atom. The Bertz CT molecular complexity index is 827. The van der Waals surface area contributed by atoms with Gasteiger partial charge >= 0.3 is 0 Å². The van der Waals surface area contributed by atoms with Crippen molar-refractivity contribution in [2.75, 3.05) is 20.8 Å². The maximum absolute atomic E-state index is 11.8. The van der Waals surface area contributed by atoms with E-state index in [1.54, 1.807) is 30.3 Å². The van der Waals surface area contributed by atoms with Gasteiger partial charge in [-0.3, -0.25) is 4.79 Å². The lowest BCUT2D eigenvalue weighted by Gasteiger charge is -2.10. The highest BCUT2D eigenvalue weighted by Gasteiger charge is 2.14. The highest BCUT2D eigenvalue weighted by Crippen LogP contribution is 2.41. The van der Waals surface area contributed by atoms with Crippen LogP contribution in [0.5, 0.6) is 23.0 Å². The van der Waals surface area contributed by atoms with E-state index in [4.69, 9.17) is 14.2 Å². The van der Waals surface area contributed by atoms with E-state index < -0.39 is 5.91 Å². The lowest BCUT2D eigenvalue weighted by Crippen LogP contribution is -2.24. The molecule has 26 heavy (non-hydrogen) atoms. The molecule has 9 heteroatoms. The molecule has 1 amide bonds. The van der Waals surface area contributed by atoms with Crippen LogP contribution < -0.4 is 19.6 Å². The molecule has 0 aromatic heterocycles. The third-order valence-corrected chi connectivity index (χ3v) is 4.53. The van der Waals surface area contributed by atoms with E-state index in [-0.39, 0.29) is 12.4 Å². The molecule has 0 unspecified atom stereocenters. The van der Waals surface area contributed by atoms with Crippen molar-refractivity contribution in [3.8, 4) is 23.0 Å². The smallest absolute Gasteiger partial charge is 0.277 e.